The molecular weight excluding hydrogens is 1050 g/mol. The van der Waals surface area contributed by atoms with Crippen molar-refractivity contribution in [3.05, 3.63) is 179 Å². The van der Waals surface area contributed by atoms with Crippen LogP contribution in [-0.4, -0.2) is 125 Å². The number of rotatable bonds is 26. The summed E-state index contributed by atoms with van der Waals surface area (Å²) in [7, 11) is -4.91. The first-order valence-corrected chi connectivity index (χ1v) is 27.1. The van der Waals surface area contributed by atoms with Gasteiger partial charge in [-0.25, -0.2) is 4.21 Å². The number of aliphatic hydroxyl groups is 3. The van der Waals surface area contributed by atoms with Crippen LogP contribution < -0.4 is 31.1 Å². The van der Waals surface area contributed by atoms with Crippen molar-refractivity contribution in [2.75, 3.05) is 77.1 Å². The molecule has 9 N–H and O–H groups in total. The molecule has 0 saturated carbocycles. The minimum absolute atomic E-state index is 0.00423. The maximum atomic E-state index is 13.0. The summed E-state index contributed by atoms with van der Waals surface area (Å²) >= 11 is -2.58. The Balaban J connectivity index is 1.04. The predicted octanol–water partition coefficient (Wildman–Crippen LogP) is 7.49. The summed E-state index contributed by atoms with van der Waals surface area (Å²) in [6.45, 7) is 1.98. The number of anilines is 10. The molecule has 0 saturated heterocycles. The molecule has 2 aromatic heterocycles. The first-order valence-electron chi connectivity index (χ1n) is 24.6. The van der Waals surface area contributed by atoms with Crippen LogP contribution in [0.3, 0.4) is 0 Å². The molecule has 22 nitrogen and oxygen atoms in total. The van der Waals surface area contributed by atoms with Crippen molar-refractivity contribution in [1.82, 2.24) is 29.9 Å². The molecule has 0 aliphatic carbocycles. The van der Waals surface area contributed by atoms with E-state index in [0.29, 0.717) is 52.3 Å². The molecule has 1 unspecified atom stereocenters. The predicted molar refractivity (Wildman–Crippen MR) is 302 cm³/mol. The molecular formula is C55H54N12O10S2. The third-order valence-electron chi connectivity index (χ3n) is 11.7. The number of aliphatic hydroxyl groups excluding tert-OH is 3. The van der Waals surface area contributed by atoms with Crippen molar-refractivity contribution in [1.29, 1.82) is 0 Å². The quantitative estimate of drug-likeness (QED) is 0.0110. The zero-order valence-electron chi connectivity index (χ0n) is 42.3. The van der Waals surface area contributed by atoms with Gasteiger partial charge in [0.2, 0.25) is 35.7 Å². The Morgan fingerprint density at radius 2 is 0.873 bits per heavy atom. The Morgan fingerprint density at radius 3 is 1.28 bits per heavy atom. The van der Waals surface area contributed by atoms with Gasteiger partial charge in [0.1, 0.15) is 4.90 Å². The molecule has 8 rings (SSSR count). The van der Waals surface area contributed by atoms with E-state index in [1.54, 1.807) is 108 Å². The van der Waals surface area contributed by atoms with Gasteiger partial charge in [0, 0.05) is 71.2 Å². The van der Waals surface area contributed by atoms with E-state index in [1.165, 1.54) is 41.3 Å². The van der Waals surface area contributed by atoms with E-state index in [0.717, 1.165) is 6.07 Å². The summed E-state index contributed by atoms with van der Waals surface area (Å²) in [6, 6.07) is 39.6. The molecule has 0 amide bonds. The highest BCUT2D eigenvalue weighted by atomic mass is 32.2. The number of hydrogen-bond donors (Lipinski definition) is 9. The Bertz CT molecular complexity index is 3570. The average molecular weight is 1110 g/mol. The molecule has 24 heteroatoms. The summed E-state index contributed by atoms with van der Waals surface area (Å²) < 4.78 is 59.7. The summed E-state index contributed by atoms with van der Waals surface area (Å²) in [5, 5.41) is 41.7. The molecule has 406 valence electrons. The Kier molecular flexibility index (Phi) is 18.9. The molecule has 0 radical (unpaired) electrons. The highest BCUT2D eigenvalue weighted by molar-refractivity contribution is 7.86. The standard InChI is InChI=1S/C55H54N12O10S2/c1-2-27-66(28-31-68)54-62-50(56-42-21-17-40(18-22-42)48(71)38-9-5-3-6-10-38)60-52(64-54)58-44-25-15-36(46(34-44)78(73)74)13-14-37-16-26-45(35-47(37)79(75,76)77)59-53-61-51(63-55(65-53)67(29-32-69)30-33-70)57-43-23-19-41(20-24-43)49(72)39-11-7-4-8-12-39/h3-26,34-35,68-70H,2,27-33H2,1H3,(H,73,74)(H,75,76,77)(H2,56,58,60,62,64)(H2,57,59,61,63,65)/b14-13+. The zero-order valence-corrected chi connectivity index (χ0v) is 44.0. The van der Waals surface area contributed by atoms with Crippen molar-refractivity contribution < 1.29 is 46.6 Å². The Hall–Kier alpha value is -8.88. The van der Waals surface area contributed by atoms with Crippen molar-refractivity contribution >= 4 is 103 Å². The van der Waals surface area contributed by atoms with Crippen molar-refractivity contribution in [2.24, 2.45) is 0 Å². The molecule has 2 heterocycles. The van der Waals surface area contributed by atoms with Crippen LogP contribution in [0.2, 0.25) is 0 Å². The van der Waals surface area contributed by atoms with Gasteiger partial charge in [-0.3, -0.25) is 14.1 Å². The number of ketones is 2. The summed E-state index contributed by atoms with van der Waals surface area (Å²) in [5.74, 6) is 0.0423. The van der Waals surface area contributed by atoms with E-state index < -0.39 is 26.1 Å². The molecule has 0 bridgehead atoms. The third-order valence-corrected chi connectivity index (χ3v) is 13.4. The molecule has 0 spiro atoms. The van der Waals surface area contributed by atoms with Gasteiger partial charge < -0.3 is 50.9 Å². The lowest BCUT2D eigenvalue weighted by molar-refractivity contribution is 0.103. The fourth-order valence-corrected chi connectivity index (χ4v) is 9.26. The van der Waals surface area contributed by atoms with Gasteiger partial charge in [0.15, 0.2) is 22.6 Å². The van der Waals surface area contributed by atoms with Crippen LogP contribution in [0.1, 0.15) is 56.3 Å². The maximum Gasteiger partial charge on any atom is 0.295 e. The smallest absolute Gasteiger partial charge is 0.295 e. The van der Waals surface area contributed by atoms with Crippen molar-refractivity contribution in [3.8, 4) is 0 Å². The lowest BCUT2D eigenvalue weighted by atomic mass is 10.0. The van der Waals surface area contributed by atoms with Crippen molar-refractivity contribution in [2.45, 2.75) is 23.1 Å². The van der Waals surface area contributed by atoms with E-state index in [-0.39, 0.29) is 108 Å². The number of aromatic nitrogens is 6. The first kappa shape index (κ1) is 56.3. The van der Waals surface area contributed by atoms with Crippen LogP contribution in [0.4, 0.5) is 58.4 Å². The SMILES string of the molecule is CCCN(CCO)c1nc(Nc2ccc(C(=O)c3ccccc3)cc2)nc(Nc2ccc(/C=C/c3ccc(Nc4nc(Nc5ccc(C(=O)c6ccccc6)cc5)nc(N(CCO)CCO)n4)cc3S(=O)(=O)O)c(S(=O)O)c2)n1. The first-order chi connectivity index (χ1) is 38.2. The fraction of sp³-hybridized carbons (Fsp3) is 0.164. The number of hydrogen-bond acceptors (Lipinski definition) is 20. The monoisotopic (exact) mass is 1110 g/mol. The van der Waals surface area contributed by atoms with E-state index in [1.807, 2.05) is 19.1 Å². The lowest BCUT2D eigenvalue weighted by Gasteiger charge is -2.22. The molecule has 1 atom stereocenters. The largest absolute Gasteiger partial charge is 0.395 e. The van der Waals surface area contributed by atoms with Gasteiger partial charge in [-0.1, -0.05) is 91.9 Å². The van der Waals surface area contributed by atoms with Crippen LogP contribution in [0.15, 0.2) is 155 Å². The van der Waals surface area contributed by atoms with Crippen LogP contribution in [-0.2, 0) is 21.2 Å². The number of carbonyl (C=O) groups excluding carboxylic acids is 2. The van der Waals surface area contributed by atoms with Crippen LogP contribution >= 0.6 is 0 Å². The van der Waals surface area contributed by atoms with Crippen LogP contribution in [0, 0.1) is 0 Å². The third kappa shape index (κ3) is 15.0. The molecule has 6 aromatic carbocycles. The molecule has 79 heavy (non-hydrogen) atoms. The second kappa shape index (κ2) is 26.4. The van der Waals surface area contributed by atoms with Gasteiger partial charge in [-0.15, -0.1) is 0 Å². The van der Waals surface area contributed by atoms with Gasteiger partial charge >= 0.3 is 0 Å². The van der Waals surface area contributed by atoms with E-state index >= 15 is 0 Å². The highest BCUT2D eigenvalue weighted by Gasteiger charge is 2.20. The van der Waals surface area contributed by atoms with Gasteiger partial charge in [0.05, 0.1) is 24.7 Å². The number of carbonyl (C=O) groups is 2. The summed E-state index contributed by atoms with van der Waals surface area (Å²) in [6.07, 6.45) is 3.46. The van der Waals surface area contributed by atoms with Crippen molar-refractivity contribution in [3.63, 3.8) is 0 Å². The summed E-state index contributed by atoms with van der Waals surface area (Å²) in [4.78, 5) is 55.9. The zero-order chi connectivity index (χ0) is 55.9. The average Bonchev–Trinajstić information content (AvgIpc) is 3.45. The molecule has 0 aliphatic heterocycles. The lowest BCUT2D eigenvalue weighted by Crippen LogP contribution is -2.31. The fourth-order valence-electron chi connectivity index (χ4n) is 7.98. The summed E-state index contributed by atoms with van der Waals surface area (Å²) in [5.41, 5.74) is 3.68. The van der Waals surface area contributed by atoms with Gasteiger partial charge in [0.25, 0.3) is 10.1 Å². The number of benzene rings is 6. The number of nitrogens with one attached hydrogen (secondary N) is 4. The molecule has 8 aromatic rings. The normalized spacial score (nSPS) is 11.7. The van der Waals surface area contributed by atoms with Gasteiger partial charge in [-0.05, 0) is 90.3 Å². The van der Waals surface area contributed by atoms with E-state index in [4.69, 9.17) is 0 Å². The number of nitrogens with zero attached hydrogens (tertiary/aromatic N) is 8. The highest BCUT2D eigenvalue weighted by Crippen LogP contribution is 2.29. The van der Waals surface area contributed by atoms with Gasteiger partial charge in [-0.2, -0.15) is 38.3 Å². The Morgan fingerprint density at radius 1 is 0.506 bits per heavy atom. The van der Waals surface area contributed by atoms with Crippen LogP contribution in [0.25, 0.3) is 12.2 Å². The maximum absolute atomic E-state index is 13.0. The van der Waals surface area contributed by atoms with E-state index in [2.05, 4.69) is 51.2 Å². The molecule has 0 aliphatic rings. The Labute approximate surface area is 457 Å². The minimum atomic E-state index is -4.91. The second-order valence-electron chi connectivity index (χ2n) is 17.3. The second-order valence-corrected chi connectivity index (χ2v) is 19.6. The van der Waals surface area contributed by atoms with E-state index in [9.17, 15) is 46.6 Å². The van der Waals surface area contributed by atoms with Crippen LogP contribution in [0.5, 0.6) is 0 Å². The molecule has 0 fully saturated rings. The topological polar surface area (TPSA) is 318 Å². The minimum Gasteiger partial charge on any atom is -0.395 e.